The first-order chi connectivity index (χ1) is 8.75. The summed E-state index contributed by atoms with van der Waals surface area (Å²) in [5.41, 5.74) is 6.27. The van der Waals surface area contributed by atoms with Gasteiger partial charge in [0.15, 0.2) is 0 Å². The highest BCUT2D eigenvalue weighted by Crippen LogP contribution is 2.08. The minimum atomic E-state index is -1.16. The smallest absolute Gasteiger partial charge is 0.124 e. The van der Waals surface area contributed by atoms with Crippen molar-refractivity contribution in [2.45, 2.75) is 4.90 Å². The lowest BCUT2D eigenvalue weighted by atomic mass is 10.3. The highest BCUT2D eigenvalue weighted by atomic mass is 32.2. The SMILES string of the molecule is Nc1ccc(S(=O)NCCN2CCOCC2)cc1. The number of anilines is 1. The topological polar surface area (TPSA) is 67.6 Å². The number of benzene rings is 1. The largest absolute Gasteiger partial charge is 0.399 e. The van der Waals surface area contributed by atoms with Crippen molar-refractivity contribution < 1.29 is 8.95 Å². The summed E-state index contributed by atoms with van der Waals surface area (Å²) in [4.78, 5) is 3.06. The Morgan fingerprint density at radius 2 is 1.94 bits per heavy atom. The summed E-state index contributed by atoms with van der Waals surface area (Å²) in [5, 5.41) is 0. The van der Waals surface area contributed by atoms with Crippen LogP contribution in [-0.2, 0) is 15.7 Å². The first-order valence-electron chi connectivity index (χ1n) is 6.06. The van der Waals surface area contributed by atoms with Crippen LogP contribution in [0.15, 0.2) is 29.2 Å². The zero-order chi connectivity index (χ0) is 12.8. The molecule has 0 aliphatic carbocycles. The summed E-state index contributed by atoms with van der Waals surface area (Å²) in [6, 6.07) is 7.09. The molecule has 0 bridgehead atoms. The molecule has 1 aromatic carbocycles. The van der Waals surface area contributed by atoms with Crippen molar-refractivity contribution in [2.24, 2.45) is 0 Å². The van der Waals surface area contributed by atoms with Gasteiger partial charge in [-0.05, 0) is 24.3 Å². The van der Waals surface area contributed by atoms with Crippen molar-refractivity contribution in [3.05, 3.63) is 24.3 Å². The molecule has 0 saturated carbocycles. The van der Waals surface area contributed by atoms with Crippen molar-refractivity contribution >= 4 is 16.7 Å². The fraction of sp³-hybridized carbons (Fsp3) is 0.500. The summed E-state index contributed by atoms with van der Waals surface area (Å²) >= 11 is 0. The van der Waals surface area contributed by atoms with Gasteiger partial charge >= 0.3 is 0 Å². The molecule has 1 aliphatic heterocycles. The van der Waals surface area contributed by atoms with Gasteiger partial charge in [0.25, 0.3) is 0 Å². The van der Waals surface area contributed by atoms with Gasteiger partial charge in [0.05, 0.1) is 18.1 Å². The van der Waals surface area contributed by atoms with E-state index in [1.807, 2.05) is 0 Å². The third-order valence-electron chi connectivity index (χ3n) is 2.86. The van der Waals surface area contributed by atoms with E-state index in [4.69, 9.17) is 10.5 Å². The van der Waals surface area contributed by atoms with Crippen LogP contribution in [0, 0.1) is 0 Å². The Bertz CT molecular complexity index is 391. The van der Waals surface area contributed by atoms with Crippen LogP contribution < -0.4 is 10.5 Å². The molecule has 100 valence electrons. The van der Waals surface area contributed by atoms with Gasteiger partial charge in [-0.3, -0.25) is 4.90 Å². The summed E-state index contributed by atoms with van der Waals surface area (Å²) in [7, 11) is -1.16. The summed E-state index contributed by atoms with van der Waals surface area (Å²) < 4.78 is 20.2. The zero-order valence-electron chi connectivity index (χ0n) is 10.3. The number of hydrogen-bond acceptors (Lipinski definition) is 4. The maximum Gasteiger partial charge on any atom is 0.124 e. The highest BCUT2D eigenvalue weighted by Gasteiger charge is 2.10. The average Bonchev–Trinajstić information content (AvgIpc) is 2.40. The van der Waals surface area contributed by atoms with Crippen LogP contribution in [-0.4, -0.2) is 48.5 Å². The van der Waals surface area contributed by atoms with E-state index in [-0.39, 0.29) is 0 Å². The van der Waals surface area contributed by atoms with E-state index in [0.717, 1.165) is 37.7 Å². The van der Waals surface area contributed by atoms with Crippen LogP contribution in [0.4, 0.5) is 5.69 Å². The Kier molecular flexibility index (Phi) is 5.12. The molecule has 0 spiro atoms. The van der Waals surface area contributed by atoms with Crippen molar-refractivity contribution in [2.75, 3.05) is 45.1 Å². The van der Waals surface area contributed by atoms with E-state index < -0.39 is 11.0 Å². The van der Waals surface area contributed by atoms with Gasteiger partial charge in [-0.2, -0.15) is 0 Å². The second-order valence-corrected chi connectivity index (χ2v) is 5.48. The average molecular weight is 269 g/mol. The van der Waals surface area contributed by atoms with Gasteiger partial charge in [-0.1, -0.05) is 0 Å². The van der Waals surface area contributed by atoms with E-state index in [9.17, 15) is 4.21 Å². The first kappa shape index (κ1) is 13.5. The van der Waals surface area contributed by atoms with Crippen LogP contribution in [0.25, 0.3) is 0 Å². The number of nitrogens with zero attached hydrogens (tertiary/aromatic N) is 1. The number of morpholine rings is 1. The minimum Gasteiger partial charge on any atom is -0.399 e. The summed E-state index contributed by atoms with van der Waals surface area (Å²) in [5.74, 6) is 0. The molecule has 0 aromatic heterocycles. The number of hydrogen-bond donors (Lipinski definition) is 2. The van der Waals surface area contributed by atoms with Crippen molar-refractivity contribution in [1.29, 1.82) is 0 Å². The second-order valence-electron chi connectivity index (χ2n) is 4.19. The predicted molar refractivity (Wildman–Crippen MR) is 72.5 cm³/mol. The Labute approximate surface area is 110 Å². The molecule has 3 N–H and O–H groups in total. The molecule has 5 nitrogen and oxygen atoms in total. The fourth-order valence-electron chi connectivity index (χ4n) is 1.80. The molecule has 18 heavy (non-hydrogen) atoms. The Balaban J connectivity index is 1.72. The second kappa shape index (κ2) is 6.84. The van der Waals surface area contributed by atoms with Gasteiger partial charge in [-0.25, -0.2) is 8.93 Å². The quantitative estimate of drug-likeness (QED) is 0.750. The molecule has 1 aromatic rings. The third kappa shape index (κ3) is 4.06. The van der Waals surface area contributed by atoms with Crippen LogP contribution in [0.5, 0.6) is 0 Å². The minimum absolute atomic E-state index is 0.684. The van der Waals surface area contributed by atoms with Gasteiger partial charge in [-0.15, -0.1) is 0 Å². The van der Waals surface area contributed by atoms with Crippen LogP contribution in [0.2, 0.25) is 0 Å². The molecule has 1 saturated heterocycles. The Morgan fingerprint density at radius 3 is 2.61 bits per heavy atom. The van der Waals surface area contributed by atoms with Crippen molar-refractivity contribution in [3.63, 3.8) is 0 Å². The lowest BCUT2D eigenvalue weighted by molar-refractivity contribution is 0.0390. The van der Waals surface area contributed by atoms with Gasteiger partial charge in [0.1, 0.15) is 11.0 Å². The molecule has 1 fully saturated rings. The molecular weight excluding hydrogens is 250 g/mol. The van der Waals surface area contributed by atoms with Crippen LogP contribution >= 0.6 is 0 Å². The third-order valence-corrected chi connectivity index (χ3v) is 4.03. The molecule has 6 heteroatoms. The van der Waals surface area contributed by atoms with Crippen molar-refractivity contribution in [1.82, 2.24) is 9.62 Å². The number of nitrogens with one attached hydrogen (secondary N) is 1. The normalized spacial score (nSPS) is 18.7. The molecule has 1 unspecified atom stereocenters. The zero-order valence-corrected chi connectivity index (χ0v) is 11.1. The van der Waals surface area contributed by atoms with E-state index >= 15 is 0 Å². The Hall–Kier alpha value is -0.950. The monoisotopic (exact) mass is 269 g/mol. The Morgan fingerprint density at radius 1 is 1.28 bits per heavy atom. The molecule has 1 aliphatic rings. The predicted octanol–water partition coefficient (Wildman–Crippen LogP) is 0.213. The van der Waals surface area contributed by atoms with E-state index in [1.165, 1.54) is 0 Å². The standard InChI is InChI=1S/C12H19N3O2S/c13-11-1-3-12(4-2-11)18(16)14-5-6-15-7-9-17-10-8-15/h1-4,14H,5-10,13H2. The molecular formula is C12H19N3O2S. The summed E-state index contributed by atoms with van der Waals surface area (Å²) in [6.07, 6.45) is 0. The molecule has 2 rings (SSSR count). The van der Waals surface area contributed by atoms with Gasteiger partial charge < -0.3 is 10.5 Å². The van der Waals surface area contributed by atoms with Crippen molar-refractivity contribution in [3.8, 4) is 0 Å². The maximum absolute atomic E-state index is 11.9. The molecule has 0 amide bonds. The molecule has 0 radical (unpaired) electrons. The lowest BCUT2D eigenvalue weighted by Crippen LogP contribution is -2.40. The van der Waals surface area contributed by atoms with E-state index in [0.29, 0.717) is 12.2 Å². The maximum atomic E-state index is 11.9. The number of nitrogen functional groups attached to an aromatic ring is 1. The number of nitrogens with two attached hydrogens (primary N) is 1. The number of ether oxygens (including phenoxy) is 1. The lowest BCUT2D eigenvalue weighted by Gasteiger charge is -2.26. The fourth-order valence-corrected chi connectivity index (χ4v) is 2.62. The van der Waals surface area contributed by atoms with E-state index in [2.05, 4.69) is 9.62 Å². The van der Waals surface area contributed by atoms with Crippen LogP contribution in [0.3, 0.4) is 0 Å². The summed E-state index contributed by atoms with van der Waals surface area (Å²) in [6.45, 7) is 5.09. The molecule has 1 atom stereocenters. The van der Waals surface area contributed by atoms with E-state index in [1.54, 1.807) is 24.3 Å². The number of rotatable bonds is 5. The van der Waals surface area contributed by atoms with Crippen LogP contribution in [0.1, 0.15) is 0 Å². The van der Waals surface area contributed by atoms with Gasteiger partial charge in [0.2, 0.25) is 0 Å². The van der Waals surface area contributed by atoms with Gasteiger partial charge in [0, 0.05) is 31.9 Å². The first-order valence-corrected chi connectivity index (χ1v) is 7.21. The highest BCUT2D eigenvalue weighted by molar-refractivity contribution is 7.83. The molecule has 1 heterocycles.